The molecule has 0 aliphatic rings. The first-order chi connectivity index (χ1) is 21.3. The minimum atomic E-state index is 0.625. The van der Waals surface area contributed by atoms with Crippen molar-refractivity contribution in [1.29, 1.82) is 0 Å². The Morgan fingerprint density at radius 2 is 0.907 bits per heavy atom. The van der Waals surface area contributed by atoms with Gasteiger partial charge in [-0.25, -0.2) is 15.0 Å². The molecule has 2 heterocycles. The van der Waals surface area contributed by atoms with Crippen LogP contribution in [0.25, 0.3) is 78.4 Å². The van der Waals surface area contributed by atoms with Crippen LogP contribution < -0.4 is 0 Å². The molecule has 8 rings (SSSR count). The van der Waals surface area contributed by atoms with Crippen molar-refractivity contribution in [1.82, 2.24) is 15.0 Å². The third-order valence-electron chi connectivity index (χ3n) is 7.76. The topological polar surface area (TPSA) is 51.8 Å². The van der Waals surface area contributed by atoms with E-state index in [1.807, 2.05) is 84.9 Å². The van der Waals surface area contributed by atoms with Crippen molar-refractivity contribution in [2.75, 3.05) is 0 Å². The molecule has 0 N–H and O–H groups in total. The van der Waals surface area contributed by atoms with Crippen molar-refractivity contribution in [2.24, 2.45) is 0 Å². The van der Waals surface area contributed by atoms with E-state index >= 15 is 0 Å². The molecule has 0 aliphatic carbocycles. The van der Waals surface area contributed by atoms with E-state index in [9.17, 15) is 0 Å². The highest BCUT2D eigenvalue weighted by Crippen LogP contribution is 2.40. The molecule has 0 spiro atoms. The molecule has 4 nitrogen and oxygen atoms in total. The van der Waals surface area contributed by atoms with Gasteiger partial charge in [0.15, 0.2) is 17.5 Å². The second kappa shape index (κ2) is 10.5. The van der Waals surface area contributed by atoms with E-state index in [-0.39, 0.29) is 0 Å². The first-order valence-electron chi connectivity index (χ1n) is 14.3. The number of fused-ring (bicyclic) bond motifs is 3. The van der Waals surface area contributed by atoms with Crippen LogP contribution in [0.3, 0.4) is 0 Å². The smallest absolute Gasteiger partial charge is 0.164 e. The lowest BCUT2D eigenvalue weighted by atomic mass is 9.93. The summed E-state index contributed by atoms with van der Waals surface area (Å²) in [5.74, 6) is 1.90. The Labute approximate surface area is 249 Å². The summed E-state index contributed by atoms with van der Waals surface area (Å²) < 4.78 is 6.39. The average molecular weight is 552 g/mol. The number of hydrogen-bond donors (Lipinski definition) is 0. The molecule has 0 saturated heterocycles. The predicted molar refractivity (Wildman–Crippen MR) is 174 cm³/mol. The molecular formula is C39H25N3O. The summed E-state index contributed by atoms with van der Waals surface area (Å²) in [6.45, 7) is 0. The van der Waals surface area contributed by atoms with Crippen molar-refractivity contribution in [3.05, 3.63) is 152 Å². The quantitative estimate of drug-likeness (QED) is 0.214. The summed E-state index contributed by atoms with van der Waals surface area (Å²) in [5, 5.41) is 2.22. The third kappa shape index (κ3) is 4.55. The van der Waals surface area contributed by atoms with Crippen molar-refractivity contribution < 1.29 is 4.42 Å². The highest BCUT2D eigenvalue weighted by molar-refractivity contribution is 6.09. The van der Waals surface area contributed by atoms with Crippen LogP contribution in [0.1, 0.15) is 0 Å². The van der Waals surface area contributed by atoms with Crippen molar-refractivity contribution in [2.45, 2.75) is 0 Å². The molecule has 0 fully saturated rings. The van der Waals surface area contributed by atoms with Gasteiger partial charge in [-0.15, -0.1) is 0 Å². The molecule has 2 aromatic heterocycles. The van der Waals surface area contributed by atoms with Crippen molar-refractivity contribution in [3.63, 3.8) is 0 Å². The van der Waals surface area contributed by atoms with E-state index in [1.54, 1.807) is 0 Å². The van der Waals surface area contributed by atoms with Crippen LogP contribution in [0.5, 0.6) is 0 Å². The fourth-order valence-corrected chi connectivity index (χ4v) is 5.67. The molecule has 8 aromatic rings. The van der Waals surface area contributed by atoms with Gasteiger partial charge in [-0.05, 0) is 34.9 Å². The maximum absolute atomic E-state index is 6.39. The van der Waals surface area contributed by atoms with E-state index < -0.39 is 0 Å². The molecule has 4 heteroatoms. The number of aromatic nitrogens is 3. The SMILES string of the molecule is c1ccc(-c2nc(-c3ccccc3)nc(-c3ccc(-c4cccc5c4oc4ccccc45)cc3-c3ccccc3)n2)cc1. The van der Waals surface area contributed by atoms with Crippen LogP contribution in [-0.2, 0) is 0 Å². The average Bonchev–Trinajstić information content (AvgIpc) is 3.48. The second-order valence-electron chi connectivity index (χ2n) is 10.4. The molecular weight excluding hydrogens is 526 g/mol. The largest absolute Gasteiger partial charge is 0.455 e. The van der Waals surface area contributed by atoms with E-state index in [4.69, 9.17) is 19.4 Å². The standard InChI is InChI=1S/C39H25N3O/c1-4-13-26(14-5-1)34-25-29(30-20-12-21-32-31-19-10-11-22-35(31)43-36(30)32)23-24-33(34)39-41-37(27-15-6-2-7-16-27)40-38(42-39)28-17-8-3-9-18-28/h1-25H. The molecule has 0 saturated carbocycles. The van der Waals surface area contributed by atoms with Crippen LogP contribution in [0, 0.1) is 0 Å². The Morgan fingerprint density at radius 1 is 0.349 bits per heavy atom. The van der Waals surface area contributed by atoms with Gasteiger partial charge in [0, 0.05) is 33.0 Å². The molecule has 6 aromatic carbocycles. The predicted octanol–water partition coefficient (Wildman–Crippen LogP) is 10.1. The number of benzene rings is 6. The lowest BCUT2D eigenvalue weighted by molar-refractivity contribution is 0.670. The van der Waals surface area contributed by atoms with Gasteiger partial charge in [-0.1, -0.05) is 133 Å². The van der Waals surface area contributed by atoms with Crippen LogP contribution in [-0.4, -0.2) is 15.0 Å². The van der Waals surface area contributed by atoms with E-state index in [2.05, 4.69) is 66.7 Å². The zero-order valence-corrected chi connectivity index (χ0v) is 23.2. The first kappa shape index (κ1) is 24.9. The monoisotopic (exact) mass is 551 g/mol. The number of hydrogen-bond acceptors (Lipinski definition) is 4. The second-order valence-corrected chi connectivity index (χ2v) is 10.4. The van der Waals surface area contributed by atoms with E-state index in [0.717, 1.165) is 60.9 Å². The molecule has 0 radical (unpaired) electrons. The Hall–Kier alpha value is -5.87. The summed E-state index contributed by atoms with van der Waals surface area (Å²) in [6.07, 6.45) is 0. The normalized spacial score (nSPS) is 11.3. The first-order valence-corrected chi connectivity index (χ1v) is 14.3. The number of rotatable bonds is 5. The Bertz CT molecular complexity index is 2170. The van der Waals surface area contributed by atoms with Crippen molar-refractivity contribution in [3.8, 4) is 56.4 Å². The van der Waals surface area contributed by atoms with E-state index in [1.165, 1.54) is 0 Å². The zero-order valence-electron chi connectivity index (χ0n) is 23.2. The Morgan fingerprint density at radius 3 is 1.58 bits per heavy atom. The van der Waals surface area contributed by atoms with Gasteiger partial charge in [0.1, 0.15) is 11.2 Å². The molecule has 0 unspecified atom stereocenters. The zero-order chi connectivity index (χ0) is 28.6. The Kier molecular flexibility index (Phi) is 6.08. The molecule has 0 aliphatic heterocycles. The lowest BCUT2D eigenvalue weighted by Gasteiger charge is -2.14. The van der Waals surface area contributed by atoms with Crippen LogP contribution >= 0.6 is 0 Å². The van der Waals surface area contributed by atoms with Gasteiger partial charge in [0.2, 0.25) is 0 Å². The molecule has 202 valence electrons. The molecule has 0 amide bonds. The van der Waals surface area contributed by atoms with E-state index in [0.29, 0.717) is 17.5 Å². The maximum atomic E-state index is 6.39. The van der Waals surface area contributed by atoms with Crippen LogP contribution in [0.2, 0.25) is 0 Å². The van der Waals surface area contributed by atoms with Crippen LogP contribution in [0.15, 0.2) is 156 Å². The summed E-state index contributed by atoms with van der Waals surface area (Å²) in [7, 11) is 0. The van der Waals surface area contributed by atoms with Crippen molar-refractivity contribution >= 4 is 21.9 Å². The lowest BCUT2D eigenvalue weighted by Crippen LogP contribution is -2.01. The molecule has 43 heavy (non-hydrogen) atoms. The van der Waals surface area contributed by atoms with Gasteiger partial charge in [-0.2, -0.15) is 0 Å². The minimum Gasteiger partial charge on any atom is -0.455 e. The molecule has 0 bridgehead atoms. The summed E-state index contributed by atoms with van der Waals surface area (Å²) >= 11 is 0. The number of para-hydroxylation sites is 2. The molecule has 0 atom stereocenters. The summed E-state index contributed by atoms with van der Waals surface area (Å²) in [6, 6.07) is 51.6. The van der Waals surface area contributed by atoms with Gasteiger partial charge in [0.25, 0.3) is 0 Å². The minimum absolute atomic E-state index is 0.625. The fourth-order valence-electron chi connectivity index (χ4n) is 5.67. The third-order valence-corrected chi connectivity index (χ3v) is 7.76. The van der Waals surface area contributed by atoms with Gasteiger partial charge < -0.3 is 4.42 Å². The van der Waals surface area contributed by atoms with Gasteiger partial charge >= 0.3 is 0 Å². The highest BCUT2D eigenvalue weighted by atomic mass is 16.3. The number of furan rings is 1. The highest BCUT2D eigenvalue weighted by Gasteiger charge is 2.18. The summed E-state index contributed by atoms with van der Waals surface area (Å²) in [5.41, 5.74) is 8.81. The Balaban J connectivity index is 1.36. The summed E-state index contributed by atoms with van der Waals surface area (Å²) in [4.78, 5) is 14.9. The maximum Gasteiger partial charge on any atom is 0.164 e. The fraction of sp³-hybridized carbons (Fsp3) is 0. The van der Waals surface area contributed by atoms with Crippen LogP contribution in [0.4, 0.5) is 0 Å². The number of nitrogens with zero attached hydrogens (tertiary/aromatic N) is 3. The van der Waals surface area contributed by atoms with Gasteiger partial charge in [-0.3, -0.25) is 0 Å². The van der Waals surface area contributed by atoms with Gasteiger partial charge in [0.05, 0.1) is 0 Å².